The number of hydrogen-bond donors (Lipinski definition) is 2. The number of para-hydroxylation sites is 1. The van der Waals surface area contributed by atoms with E-state index in [0.717, 1.165) is 0 Å². The summed E-state index contributed by atoms with van der Waals surface area (Å²) >= 11 is 1.17. The first-order chi connectivity index (χ1) is 12.1. The molecule has 0 unspecified atom stereocenters. The van der Waals surface area contributed by atoms with Gasteiger partial charge in [-0.3, -0.25) is 0 Å². The number of aromatic nitrogens is 1. The number of hydrogen-bond acceptors (Lipinski definition) is 3. The van der Waals surface area contributed by atoms with Crippen LogP contribution in [-0.2, 0) is 6.42 Å². The number of benzene rings is 2. The third kappa shape index (κ3) is 4.39. The number of nitrogens with zero attached hydrogens (tertiary/aromatic N) is 1. The van der Waals surface area contributed by atoms with Gasteiger partial charge in [-0.15, -0.1) is 11.3 Å². The molecule has 0 aliphatic heterocycles. The average molecular weight is 359 g/mol. The summed E-state index contributed by atoms with van der Waals surface area (Å²) in [5.74, 6) is -1.28. The minimum atomic E-state index is -0.638. The van der Waals surface area contributed by atoms with Gasteiger partial charge in [0.15, 0.2) is 0 Å². The summed E-state index contributed by atoms with van der Waals surface area (Å²) in [5, 5.41) is 7.45. The molecule has 0 saturated carbocycles. The summed E-state index contributed by atoms with van der Waals surface area (Å²) in [6, 6.07) is 12.5. The summed E-state index contributed by atoms with van der Waals surface area (Å²) in [4.78, 5) is 16.0. The van der Waals surface area contributed by atoms with Crippen LogP contribution in [0.5, 0.6) is 0 Å². The molecule has 0 aliphatic carbocycles. The second-order valence-corrected chi connectivity index (χ2v) is 6.10. The zero-order valence-electron chi connectivity index (χ0n) is 13.1. The average Bonchev–Trinajstić information content (AvgIpc) is 3.04. The van der Waals surface area contributed by atoms with Crippen LogP contribution < -0.4 is 10.6 Å². The first kappa shape index (κ1) is 17.0. The van der Waals surface area contributed by atoms with Crippen molar-refractivity contribution in [1.82, 2.24) is 10.3 Å². The Labute approximate surface area is 147 Å². The van der Waals surface area contributed by atoms with Gasteiger partial charge in [-0.2, -0.15) is 0 Å². The number of nitrogens with one attached hydrogen (secondary N) is 2. The zero-order chi connectivity index (χ0) is 17.6. The van der Waals surface area contributed by atoms with Crippen LogP contribution in [0.4, 0.5) is 19.3 Å². The van der Waals surface area contributed by atoms with Gasteiger partial charge >= 0.3 is 6.03 Å². The van der Waals surface area contributed by atoms with Crippen molar-refractivity contribution >= 4 is 23.1 Å². The van der Waals surface area contributed by atoms with Gasteiger partial charge in [0, 0.05) is 24.0 Å². The second-order valence-electron chi connectivity index (χ2n) is 5.24. The Morgan fingerprint density at radius 1 is 1.04 bits per heavy atom. The number of amides is 2. The van der Waals surface area contributed by atoms with Crippen LogP contribution in [0, 0.1) is 11.6 Å². The van der Waals surface area contributed by atoms with E-state index in [2.05, 4.69) is 15.6 Å². The fourth-order valence-corrected chi connectivity index (χ4v) is 3.14. The highest BCUT2D eigenvalue weighted by atomic mass is 32.1. The van der Waals surface area contributed by atoms with Crippen LogP contribution in [0.3, 0.4) is 0 Å². The van der Waals surface area contributed by atoms with Crippen molar-refractivity contribution in [1.29, 1.82) is 0 Å². The largest absolute Gasteiger partial charge is 0.337 e. The van der Waals surface area contributed by atoms with E-state index >= 15 is 0 Å². The van der Waals surface area contributed by atoms with Crippen LogP contribution in [0.15, 0.2) is 53.9 Å². The van der Waals surface area contributed by atoms with Crippen molar-refractivity contribution < 1.29 is 13.6 Å². The maximum atomic E-state index is 13.8. The number of thiazole rings is 1. The lowest BCUT2D eigenvalue weighted by atomic mass is 10.2. The quantitative estimate of drug-likeness (QED) is 0.707. The van der Waals surface area contributed by atoms with Crippen LogP contribution >= 0.6 is 11.3 Å². The number of rotatable bonds is 5. The molecule has 2 amide bonds. The van der Waals surface area contributed by atoms with Gasteiger partial charge < -0.3 is 10.6 Å². The molecule has 3 rings (SSSR count). The first-order valence-corrected chi connectivity index (χ1v) is 8.50. The van der Waals surface area contributed by atoms with E-state index < -0.39 is 11.6 Å². The van der Waals surface area contributed by atoms with Gasteiger partial charge in [0.1, 0.15) is 16.6 Å². The number of carbonyl (C=O) groups is 1. The Morgan fingerprint density at radius 3 is 2.48 bits per heavy atom. The Morgan fingerprint density at radius 2 is 1.76 bits per heavy atom. The van der Waals surface area contributed by atoms with Crippen molar-refractivity contribution in [3.8, 4) is 10.6 Å². The Balaban J connectivity index is 1.55. The molecule has 0 spiro atoms. The predicted octanol–water partition coefficient (Wildman–Crippen LogP) is 4.45. The lowest BCUT2D eigenvalue weighted by Gasteiger charge is -2.06. The van der Waals surface area contributed by atoms with E-state index in [9.17, 15) is 13.6 Å². The molecule has 0 radical (unpaired) electrons. The highest BCUT2D eigenvalue weighted by Gasteiger charge is 2.14. The summed E-state index contributed by atoms with van der Waals surface area (Å²) in [6.07, 6.45) is 0.467. The maximum Gasteiger partial charge on any atom is 0.319 e. The van der Waals surface area contributed by atoms with Crippen LogP contribution in [0.1, 0.15) is 5.69 Å². The van der Waals surface area contributed by atoms with Gasteiger partial charge in [-0.1, -0.05) is 24.3 Å². The fraction of sp³-hybridized carbons (Fsp3) is 0.111. The molecule has 0 bridgehead atoms. The molecule has 4 nitrogen and oxygen atoms in total. The summed E-state index contributed by atoms with van der Waals surface area (Å²) in [6.45, 7) is 0.363. The monoisotopic (exact) mass is 359 g/mol. The number of carbonyl (C=O) groups excluding carboxylic acids is 1. The predicted molar refractivity (Wildman–Crippen MR) is 94.6 cm³/mol. The molecular formula is C18H15F2N3OS. The molecule has 25 heavy (non-hydrogen) atoms. The standard InChI is InChI=1S/C18H15F2N3OS/c19-14-7-4-8-15(20)16(14)17-22-13(11-25-17)9-10-21-18(24)23-12-5-2-1-3-6-12/h1-8,11H,9-10H2,(H2,21,23,24). The Bertz CT molecular complexity index is 848. The number of urea groups is 1. The minimum Gasteiger partial charge on any atom is -0.337 e. The molecule has 0 aliphatic rings. The molecule has 0 atom stereocenters. The van der Waals surface area contributed by atoms with E-state index in [0.29, 0.717) is 29.4 Å². The molecule has 1 heterocycles. The molecule has 128 valence electrons. The van der Waals surface area contributed by atoms with Gasteiger partial charge in [-0.05, 0) is 24.3 Å². The van der Waals surface area contributed by atoms with Crippen molar-refractivity contribution in [2.24, 2.45) is 0 Å². The van der Waals surface area contributed by atoms with Crippen LogP contribution in [0.25, 0.3) is 10.6 Å². The maximum absolute atomic E-state index is 13.8. The third-order valence-electron chi connectivity index (χ3n) is 3.43. The molecule has 1 aromatic heterocycles. The van der Waals surface area contributed by atoms with Gasteiger partial charge in [-0.25, -0.2) is 18.6 Å². The number of halogens is 2. The molecule has 0 fully saturated rings. The molecule has 2 N–H and O–H groups in total. The normalized spacial score (nSPS) is 10.5. The van der Waals surface area contributed by atoms with E-state index in [1.807, 2.05) is 18.2 Å². The first-order valence-electron chi connectivity index (χ1n) is 7.62. The lowest BCUT2D eigenvalue weighted by Crippen LogP contribution is -2.30. The number of anilines is 1. The van der Waals surface area contributed by atoms with Crippen molar-refractivity contribution in [3.63, 3.8) is 0 Å². The van der Waals surface area contributed by atoms with Gasteiger partial charge in [0.25, 0.3) is 0 Å². The van der Waals surface area contributed by atoms with Crippen LogP contribution in [-0.4, -0.2) is 17.6 Å². The van der Waals surface area contributed by atoms with Crippen molar-refractivity contribution in [3.05, 3.63) is 71.2 Å². The van der Waals surface area contributed by atoms with Crippen molar-refractivity contribution in [2.75, 3.05) is 11.9 Å². The smallest absolute Gasteiger partial charge is 0.319 e. The minimum absolute atomic E-state index is 0.117. The lowest BCUT2D eigenvalue weighted by molar-refractivity contribution is 0.252. The third-order valence-corrected chi connectivity index (χ3v) is 4.34. The molecular weight excluding hydrogens is 344 g/mol. The Hall–Kier alpha value is -2.80. The molecule has 0 saturated heterocycles. The van der Waals surface area contributed by atoms with E-state index in [4.69, 9.17) is 0 Å². The zero-order valence-corrected chi connectivity index (χ0v) is 13.9. The van der Waals surface area contributed by atoms with Gasteiger partial charge in [0.2, 0.25) is 0 Å². The molecule has 7 heteroatoms. The summed E-state index contributed by atoms with van der Waals surface area (Å²) < 4.78 is 27.5. The van der Waals surface area contributed by atoms with E-state index in [1.54, 1.807) is 17.5 Å². The molecule has 2 aromatic carbocycles. The van der Waals surface area contributed by atoms with E-state index in [-0.39, 0.29) is 11.6 Å². The summed E-state index contributed by atoms with van der Waals surface area (Å²) in [5.41, 5.74) is 1.25. The second kappa shape index (κ2) is 7.85. The Kier molecular flexibility index (Phi) is 5.35. The molecule has 3 aromatic rings. The van der Waals surface area contributed by atoms with E-state index in [1.165, 1.54) is 29.5 Å². The summed E-state index contributed by atoms with van der Waals surface area (Å²) in [7, 11) is 0. The SMILES string of the molecule is O=C(NCCc1csc(-c2c(F)cccc2F)n1)Nc1ccccc1. The van der Waals surface area contributed by atoms with Gasteiger partial charge in [0.05, 0.1) is 11.3 Å². The van der Waals surface area contributed by atoms with Crippen LogP contribution in [0.2, 0.25) is 0 Å². The topological polar surface area (TPSA) is 54.0 Å². The highest BCUT2D eigenvalue weighted by Crippen LogP contribution is 2.28. The fourth-order valence-electron chi connectivity index (χ4n) is 2.24. The van der Waals surface area contributed by atoms with Crippen molar-refractivity contribution in [2.45, 2.75) is 6.42 Å². The highest BCUT2D eigenvalue weighted by molar-refractivity contribution is 7.13.